The summed E-state index contributed by atoms with van der Waals surface area (Å²) in [6, 6.07) is 9.98. The molecule has 0 amide bonds. The number of hydrogen-bond acceptors (Lipinski definition) is 3. The topological polar surface area (TPSA) is 45.4 Å². The third-order valence-corrected chi connectivity index (χ3v) is 3.05. The second-order valence-corrected chi connectivity index (χ2v) is 4.65. The normalized spacial score (nSPS) is 12.6. The summed E-state index contributed by atoms with van der Waals surface area (Å²) >= 11 is 0. The molecule has 0 aliphatic carbocycles. The fraction of sp³-hybridized carbons (Fsp3) is 0.333. The number of aryl methyl sites for hydroxylation is 1. The van der Waals surface area contributed by atoms with Crippen molar-refractivity contribution in [1.82, 2.24) is 5.32 Å². The Balaban J connectivity index is 1.89. The largest absolute Gasteiger partial charge is 0.507 e. The molecule has 18 heavy (non-hydrogen) atoms. The average molecular weight is 245 g/mol. The van der Waals surface area contributed by atoms with Crippen molar-refractivity contribution in [3.05, 3.63) is 53.5 Å². The van der Waals surface area contributed by atoms with Gasteiger partial charge in [-0.2, -0.15) is 0 Å². The number of para-hydroxylation sites is 1. The maximum absolute atomic E-state index is 9.91. The highest BCUT2D eigenvalue weighted by Crippen LogP contribution is 2.21. The van der Waals surface area contributed by atoms with Crippen molar-refractivity contribution in [2.75, 3.05) is 0 Å². The molecule has 1 heterocycles. The Morgan fingerprint density at radius 2 is 2.11 bits per heavy atom. The molecular weight excluding hydrogens is 226 g/mol. The van der Waals surface area contributed by atoms with Crippen LogP contribution in [0.2, 0.25) is 0 Å². The van der Waals surface area contributed by atoms with Crippen molar-refractivity contribution in [2.24, 2.45) is 0 Å². The molecule has 1 aromatic carbocycles. The molecule has 1 unspecified atom stereocenters. The van der Waals surface area contributed by atoms with Gasteiger partial charge < -0.3 is 14.8 Å². The van der Waals surface area contributed by atoms with Crippen LogP contribution in [-0.4, -0.2) is 11.1 Å². The van der Waals surface area contributed by atoms with Crippen LogP contribution in [0.3, 0.4) is 0 Å². The minimum Gasteiger partial charge on any atom is -0.507 e. The summed E-state index contributed by atoms with van der Waals surface area (Å²) in [5.74, 6) is 1.36. The molecular formula is C15H19NO2. The number of aromatic hydroxyl groups is 1. The Hall–Kier alpha value is -1.74. The zero-order chi connectivity index (χ0) is 13.0. The first-order chi connectivity index (χ1) is 8.66. The van der Waals surface area contributed by atoms with Crippen molar-refractivity contribution >= 4 is 0 Å². The van der Waals surface area contributed by atoms with E-state index < -0.39 is 0 Å². The van der Waals surface area contributed by atoms with Crippen molar-refractivity contribution in [3.8, 4) is 5.75 Å². The Kier molecular flexibility index (Phi) is 4.05. The van der Waals surface area contributed by atoms with Crippen LogP contribution in [0.15, 0.2) is 41.0 Å². The maximum atomic E-state index is 9.91. The van der Waals surface area contributed by atoms with Gasteiger partial charge in [0.1, 0.15) is 11.5 Å². The molecule has 0 fully saturated rings. The number of furan rings is 1. The summed E-state index contributed by atoms with van der Waals surface area (Å²) < 4.78 is 5.31. The second kappa shape index (κ2) is 5.74. The van der Waals surface area contributed by atoms with Gasteiger partial charge in [0.05, 0.1) is 6.26 Å². The Morgan fingerprint density at radius 3 is 2.83 bits per heavy atom. The zero-order valence-corrected chi connectivity index (χ0v) is 10.8. The first kappa shape index (κ1) is 12.7. The highest BCUT2D eigenvalue weighted by molar-refractivity contribution is 5.39. The van der Waals surface area contributed by atoms with Crippen LogP contribution in [0.4, 0.5) is 0 Å². The first-order valence-corrected chi connectivity index (χ1v) is 6.20. The standard InChI is InChI=1S/C15H19NO2/c1-11-5-3-6-13(15(11)17)10-16-12(2)9-14-7-4-8-18-14/h3-8,12,16-17H,9-10H2,1-2H3. The van der Waals surface area contributed by atoms with Crippen LogP contribution in [0.1, 0.15) is 23.8 Å². The smallest absolute Gasteiger partial charge is 0.122 e. The molecule has 0 aliphatic rings. The van der Waals surface area contributed by atoms with Gasteiger partial charge in [0.2, 0.25) is 0 Å². The Bertz CT molecular complexity index is 491. The number of hydrogen-bond donors (Lipinski definition) is 2. The fourth-order valence-corrected chi connectivity index (χ4v) is 1.95. The highest BCUT2D eigenvalue weighted by atomic mass is 16.3. The van der Waals surface area contributed by atoms with Crippen LogP contribution in [0.5, 0.6) is 5.75 Å². The van der Waals surface area contributed by atoms with Crippen LogP contribution in [0, 0.1) is 6.92 Å². The molecule has 1 aromatic heterocycles. The van der Waals surface area contributed by atoms with Gasteiger partial charge in [0.15, 0.2) is 0 Å². The lowest BCUT2D eigenvalue weighted by Crippen LogP contribution is -2.27. The summed E-state index contributed by atoms with van der Waals surface area (Å²) in [6.07, 6.45) is 2.54. The quantitative estimate of drug-likeness (QED) is 0.851. The predicted molar refractivity (Wildman–Crippen MR) is 71.6 cm³/mol. The molecule has 3 heteroatoms. The van der Waals surface area contributed by atoms with E-state index in [4.69, 9.17) is 4.42 Å². The summed E-state index contributed by atoms with van der Waals surface area (Å²) in [6.45, 7) is 4.68. The van der Waals surface area contributed by atoms with Gasteiger partial charge in [0, 0.05) is 24.6 Å². The average Bonchev–Trinajstić information content (AvgIpc) is 2.84. The molecule has 2 aromatic rings. The number of nitrogens with one attached hydrogen (secondary N) is 1. The van der Waals surface area contributed by atoms with E-state index in [1.54, 1.807) is 6.26 Å². The molecule has 2 rings (SSSR count). The minimum atomic E-state index is 0.302. The van der Waals surface area contributed by atoms with Crippen molar-refractivity contribution in [3.63, 3.8) is 0 Å². The number of rotatable bonds is 5. The van der Waals surface area contributed by atoms with E-state index in [2.05, 4.69) is 12.2 Å². The van der Waals surface area contributed by atoms with E-state index in [0.717, 1.165) is 23.3 Å². The lowest BCUT2D eigenvalue weighted by molar-refractivity contribution is 0.440. The van der Waals surface area contributed by atoms with E-state index in [1.807, 2.05) is 37.3 Å². The molecule has 2 N–H and O–H groups in total. The Labute approximate surface area is 107 Å². The molecule has 0 bridgehead atoms. The number of phenols is 1. The Morgan fingerprint density at radius 1 is 1.28 bits per heavy atom. The number of benzene rings is 1. The van der Waals surface area contributed by atoms with Gasteiger partial charge in [0.25, 0.3) is 0 Å². The molecule has 0 saturated heterocycles. The lowest BCUT2D eigenvalue weighted by Gasteiger charge is -2.14. The molecule has 0 aliphatic heterocycles. The van der Waals surface area contributed by atoms with E-state index in [0.29, 0.717) is 18.3 Å². The monoisotopic (exact) mass is 245 g/mol. The predicted octanol–water partition coefficient (Wildman–Crippen LogP) is 3.01. The van der Waals surface area contributed by atoms with Crippen LogP contribution in [-0.2, 0) is 13.0 Å². The molecule has 1 atom stereocenters. The summed E-state index contributed by atoms with van der Waals surface area (Å²) in [7, 11) is 0. The minimum absolute atomic E-state index is 0.302. The summed E-state index contributed by atoms with van der Waals surface area (Å²) in [4.78, 5) is 0. The first-order valence-electron chi connectivity index (χ1n) is 6.20. The van der Waals surface area contributed by atoms with E-state index >= 15 is 0 Å². The lowest BCUT2D eigenvalue weighted by atomic mass is 10.1. The van der Waals surface area contributed by atoms with E-state index in [-0.39, 0.29) is 0 Å². The summed E-state index contributed by atoms with van der Waals surface area (Å²) in [5, 5.41) is 13.3. The third kappa shape index (κ3) is 3.14. The van der Waals surface area contributed by atoms with E-state index in [9.17, 15) is 5.11 Å². The van der Waals surface area contributed by atoms with Crippen molar-refractivity contribution < 1.29 is 9.52 Å². The second-order valence-electron chi connectivity index (χ2n) is 4.65. The summed E-state index contributed by atoms with van der Waals surface area (Å²) in [5.41, 5.74) is 1.84. The third-order valence-electron chi connectivity index (χ3n) is 3.05. The van der Waals surface area contributed by atoms with E-state index in [1.165, 1.54) is 0 Å². The number of phenolic OH excluding ortho intramolecular Hbond substituents is 1. The van der Waals surface area contributed by atoms with Crippen molar-refractivity contribution in [1.29, 1.82) is 0 Å². The van der Waals surface area contributed by atoms with Crippen LogP contribution < -0.4 is 5.32 Å². The molecule has 3 nitrogen and oxygen atoms in total. The zero-order valence-electron chi connectivity index (χ0n) is 10.8. The van der Waals surface area contributed by atoms with Gasteiger partial charge in [-0.05, 0) is 31.5 Å². The SMILES string of the molecule is Cc1cccc(CNC(C)Cc2ccco2)c1O. The van der Waals surface area contributed by atoms with Gasteiger partial charge in [-0.15, -0.1) is 0 Å². The molecule has 0 radical (unpaired) electrons. The van der Waals surface area contributed by atoms with Crippen LogP contribution in [0.25, 0.3) is 0 Å². The van der Waals surface area contributed by atoms with Gasteiger partial charge >= 0.3 is 0 Å². The molecule has 96 valence electrons. The highest BCUT2D eigenvalue weighted by Gasteiger charge is 2.07. The molecule has 0 spiro atoms. The molecule has 0 saturated carbocycles. The van der Waals surface area contributed by atoms with Gasteiger partial charge in [-0.25, -0.2) is 0 Å². The van der Waals surface area contributed by atoms with Gasteiger partial charge in [-0.3, -0.25) is 0 Å². The fourth-order valence-electron chi connectivity index (χ4n) is 1.95. The van der Waals surface area contributed by atoms with Crippen LogP contribution >= 0.6 is 0 Å². The van der Waals surface area contributed by atoms with Crippen molar-refractivity contribution in [2.45, 2.75) is 32.9 Å². The maximum Gasteiger partial charge on any atom is 0.122 e. The van der Waals surface area contributed by atoms with Gasteiger partial charge in [-0.1, -0.05) is 18.2 Å².